The van der Waals surface area contributed by atoms with Gasteiger partial charge < -0.3 is 65.1 Å². The average molecular weight is 1330 g/mol. The second kappa shape index (κ2) is 63.1. The molecule has 0 saturated carbocycles. The highest BCUT2D eigenvalue weighted by molar-refractivity contribution is 5.76. The number of rotatable bonds is 59. The molecule has 0 bridgehead atoms. The maximum absolute atomic E-state index is 13.3. The molecule has 14 nitrogen and oxygen atoms in total. The van der Waals surface area contributed by atoms with Crippen molar-refractivity contribution < 1.29 is 64.6 Å². The summed E-state index contributed by atoms with van der Waals surface area (Å²) in [5.41, 5.74) is 0. The molecule has 2 fully saturated rings. The first-order valence-corrected chi connectivity index (χ1v) is 37.2. The van der Waals surface area contributed by atoms with Gasteiger partial charge in [-0.05, 0) is 116 Å². The summed E-state index contributed by atoms with van der Waals surface area (Å²) < 4.78 is 22.8. The van der Waals surface area contributed by atoms with Crippen molar-refractivity contribution in [2.45, 2.75) is 325 Å². The molecule has 0 spiro atoms. The largest absolute Gasteiger partial charge is 0.394 e. The number of hydrogen-bond acceptors (Lipinski definition) is 13. The van der Waals surface area contributed by atoms with Crippen molar-refractivity contribution in [1.82, 2.24) is 5.32 Å². The lowest BCUT2D eigenvalue weighted by Crippen LogP contribution is -2.65. The number of carbonyl (C=O) groups excluding carboxylic acids is 1. The van der Waals surface area contributed by atoms with Gasteiger partial charge in [0.2, 0.25) is 5.91 Å². The Bertz CT molecular complexity index is 2210. The first kappa shape index (κ1) is 86.7. The summed E-state index contributed by atoms with van der Waals surface area (Å²) in [6.07, 6.45) is 80.1. The minimum absolute atomic E-state index is 0.241. The SMILES string of the molecule is CC/C=C\C/C=C\C/C=C\C/C=C\C/C=C\C/C=C\C/C=C\C/C=C\C/C=C\C/C=C\C/C=C\CCCCCCCC(=O)NC(COC1OC(CO)C(OC2OC(CO)C(O)C(O)C2O)C(O)C1O)C(O)/C=C/CC/C=C/CCCCCCCCCCCCCCCCCC. The van der Waals surface area contributed by atoms with E-state index in [-0.39, 0.29) is 18.9 Å². The average Bonchev–Trinajstić information content (AvgIpc) is 0.801. The normalized spacial score (nSPS) is 23.3. The zero-order valence-electron chi connectivity index (χ0n) is 58.8. The van der Waals surface area contributed by atoms with Gasteiger partial charge in [-0.3, -0.25) is 4.79 Å². The van der Waals surface area contributed by atoms with Crippen molar-refractivity contribution in [3.63, 3.8) is 0 Å². The van der Waals surface area contributed by atoms with Gasteiger partial charge in [-0.25, -0.2) is 0 Å². The predicted octanol–water partition coefficient (Wildman–Crippen LogP) is 16.2. The van der Waals surface area contributed by atoms with Gasteiger partial charge in [-0.15, -0.1) is 0 Å². The molecule has 2 rings (SSSR count). The fourth-order valence-electron chi connectivity index (χ4n) is 11.1. The van der Waals surface area contributed by atoms with Gasteiger partial charge in [0.25, 0.3) is 0 Å². The Balaban J connectivity index is 1.68. The fourth-order valence-corrected chi connectivity index (χ4v) is 11.1. The van der Waals surface area contributed by atoms with Crippen LogP contribution in [0.3, 0.4) is 0 Å². The Morgan fingerprint density at radius 3 is 1.16 bits per heavy atom. The number of nitrogens with one attached hydrogen (secondary N) is 1. The predicted molar refractivity (Wildman–Crippen MR) is 391 cm³/mol. The molecule has 9 N–H and O–H groups in total. The molecule has 2 aliphatic rings. The van der Waals surface area contributed by atoms with Crippen LogP contribution >= 0.6 is 0 Å². The Labute approximate surface area is 575 Å². The van der Waals surface area contributed by atoms with Gasteiger partial charge in [0.1, 0.15) is 48.8 Å². The molecule has 0 aromatic rings. The molecule has 0 aromatic carbocycles. The Morgan fingerprint density at radius 2 is 0.737 bits per heavy atom. The van der Waals surface area contributed by atoms with E-state index in [1.165, 1.54) is 103 Å². The van der Waals surface area contributed by atoms with Crippen LogP contribution in [0.15, 0.2) is 158 Å². The van der Waals surface area contributed by atoms with E-state index in [1.54, 1.807) is 6.08 Å². The second-order valence-electron chi connectivity index (χ2n) is 25.3. The Hall–Kier alpha value is -4.39. The highest BCUT2D eigenvalue weighted by Crippen LogP contribution is 2.30. The van der Waals surface area contributed by atoms with Crippen molar-refractivity contribution in [1.29, 1.82) is 0 Å². The summed E-state index contributed by atoms with van der Waals surface area (Å²) in [7, 11) is 0. The van der Waals surface area contributed by atoms with E-state index in [0.717, 1.165) is 116 Å². The molecule has 0 aliphatic carbocycles. The van der Waals surface area contributed by atoms with Gasteiger partial charge in [0.15, 0.2) is 12.6 Å². The molecule has 0 aromatic heterocycles. The molecular weight excluding hydrogens is 1190 g/mol. The summed E-state index contributed by atoms with van der Waals surface area (Å²) in [4.78, 5) is 13.3. The molecule has 1 amide bonds. The lowest BCUT2D eigenvalue weighted by atomic mass is 9.97. The van der Waals surface area contributed by atoms with Crippen molar-refractivity contribution >= 4 is 5.91 Å². The van der Waals surface area contributed by atoms with E-state index in [4.69, 9.17) is 18.9 Å². The molecular formula is C81H133NO13. The summed E-state index contributed by atoms with van der Waals surface area (Å²) in [6.45, 7) is 2.66. The maximum Gasteiger partial charge on any atom is 0.220 e. The van der Waals surface area contributed by atoms with Crippen LogP contribution in [0.1, 0.15) is 251 Å². The van der Waals surface area contributed by atoms with E-state index in [1.807, 2.05) is 6.08 Å². The van der Waals surface area contributed by atoms with Gasteiger partial charge in [-0.2, -0.15) is 0 Å². The summed E-state index contributed by atoms with van der Waals surface area (Å²) in [6, 6.07) is -0.956. The number of amides is 1. The van der Waals surface area contributed by atoms with E-state index >= 15 is 0 Å². The highest BCUT2D eigenvalue weighted by Gasteiger charge is 2.51. The minimum atomic E-state index is -1.80. The van der Waals surface area contributed by atoms with Crippen LogP contribution in [-0.4, -0.2) is 140 Å². The van der Waals surface area contributed by atoms with Crippen molar-refractivity contribution in [2.75, 3.05) is 19.8 Å². The summed E-state index contributed by atoms with van der Waals surface area (Å²) in [5.74, 6) is -0.273. The maximum atomic E-state index is 13.3. The first-order chi connectivity index (χ1) is 46.6. The van der Waals surface area contributed by atoms with Crippen LogP contribution in [0.5, 0.6) is 0 Å². The summed E-state index contributed by atoms with van der Waals surface area (Å²) >= 11 is 0. The lowest BCUT2D eigenvalue weighted by Gasteiger charge is -2.46. The molecule has 2 saturated heterocycles. The van der Waals surface area contributed by atoms with Gasteiger partial charge >= 0.3 is 0 Å². The zero-order chi connectivity index (χ0) is 68.7. The molecule has 2 aliphatic heterocycles. The molecule has 95 heavy (non-hydrogen) atoms. The van der Waals surface area contributed by atoms with Crippen molar-refractivity contribution in [3.8, 4) is 0 Å². The number of aliphatic hydroxyl groups excluding tert-OH is 8. The third kappa shape index (κ3) is 46.5. The van der Waals surface area contributed by atoms with Gasteiger partial charge in [0.05, 0.1) is 32.0 Å². The second-order valence-corrected chi connectivity index (χ2v) is 25.3. The van der Waals surface area contributed by atoms with E-state index in [9.17, 15) is 45.6 Å². The van der Waals surface area contributed by atoms with Crippen LogP contribution < -0.4 is 5.32 Å². The number of hydrogen-bond donors (Lipinski definition) is 9. The van der Waals surface area contributed by atoms with E-state index in [0.29, 0.717) is 12.8 Å². The molecule has 0 radical (unpaired) electrons. The summed E-state index contributed by atoms with van der Waals surface area (Å²) in [5, 5.41) is 87.5. The van der Waals surface area contributed by atoms with Crippen LogP contribution in [0.2, 0.25) is 0 Å². The van der Waals surface area contributed by atoms with Crippen LogP contribution in [0, 0.1) is 0 Å². The monoisotopic (exact) mass is 1330 g/mol. The number of ether oxygens (including phenoxy) is 4. The number of unbranched alkanes of at least 4 members (excludes halogenated alkanes) is 22. The fraction of sp³-hybridized carbons (Fsp3) is 0.667. The number of carbonyl (C=O) groups is 1. The quantitative estimate of drug-likeness (QED) is 0.0204. The van der Waals surface area contributed by atoms with Crippen molar-refractivity contribution in [3.05, 3.63) is 158 Å². The van der Waals surface area contributed by atoms with Crippen LogP contribution in [0.25, 0.3) is 0 Å². The molecule has 12 unspecified atom stereocenters. The van der Waals surface area contributed by atoms with E-state index < -0.39 is 86.8 Å². The van der Waals surface area contributed by atoms with Gasteiger partial charge in [0, 0.05) is 6.42 Å². The van der Waals surface area contributed by atoms with Crippen molar-refractivity contribution in [2.24, 2.45) is 0 Å². The standard InChI is InChI=1S/C81H133NO13/c1-3-5-7-9-11-13-15-17-19-21-23-25-27-28-29-30-31-32-33-34-35-36-37-38-39-40-41-42-43-45-47-49-51-53-55-57-59-61-63-65-73(86)82-69(68-92-80-78(91)76(89)79(72(67-84)94-80)95-81-77(90)75(88)74(87)71(66-83)93-81)70(85)64-62-60-58-56-54-52-50-48-46-44-26-24-22-20-18-16-14-12-10-8-6-4-2/h5,7,11,13,17,19,23,25,28-29,31-32,34-35,37-38,40-41,43,45,49,51,54,56,62,64,69-72,74-81,83-85,87-91H,3-4,6,8-10,12,14-16,18,20-22,24,26-27,30,33,36,39,42,44,46-48,50,52-53,55,57-61,63,65-68H2,1-2H3,(H,82,86)/b7-5-,13-11-,19-17-,25-23-,29-28-,32-31-,35-34-,38-37-,41-40-,45-43-,51-49-,56-54+,64-62+. The van der Waals surface area contributed by atoms with Crippen LogP contribution in [-0.2, 0) is 23.7 Å². The van der Waals surface area contributed by atoms with E-state index in [2.05, 4.69) is 165 Å². The molecule has 14 heteroatoms. The zero-order valence-corrected chi connectivity index (χ0v) is 58.8. The van der Waals surface area contributed by atoms with Crippen LogP contribution in [0.4, 0.5) is 0 Å². The lowest BCUT2D eigenvalue weighted by molar-refractivity contribution is -0.359. The third-order valence-electron chi connectivity index (χ3n) is 16.9. The topological polar surface area (TPSA) is 228 Å². The molecule has 540 valence electrons. The minimum Gasteiger partial charge on any atom is -0.394 e. The highest BCUT2D eigenvalue weighted by atomic mass is 16.7. The molecule has 12 atom stereocenters. The molecule has 2 heterocycles. The number of allylic oxidation sites excluding steroid dienone is 25. The third-order valence-corrected chi connectivity index (χ3v) is 16.9. The van der Waals surface area contributed by atoms with Gasteiger partial charge in [-0.1, -0.05) is 287 Å². The smallest absolute Gasteiger partial charge is 0.220 e. The first-order valence-electron chi connectivity index (χ1n) is 37.2. The Morgan fingerprint density at radius 1 is 0.389 bits per heavy atom. The number of aliphatic hydroxyl groups is 8. The Kier molecular flexibility index (Phi) is 57.6.